The van der Waals surface area contributed by atoms with Crippen molar-refractivity contribution in [2.45, 2.75) is 16.4 Å². The number of nitrogens with one attached hydrogen (secondary N) is 2. The number of H-pyrrole nitrogens is 1. The molecule has 0 saturated carbocycles. The Hall–Kier alpha value is -2.47. The van der Waals surface area contributed by atoms with Crippen LogP contribution in [0.2, 0.25) is 0 Å². The molecule has 2 aromatic heterocycles. The minimum atomic E-state index is -1.22. The third-order valence-electron chi connectivity index (χ3n) is 4.34. The summed E-state index contributed by atoms with van der Waals surface area (Å²) in [5.74, 6) is -2.25. The van der Waals surface area contributed by atoms with Gasteiger partial charge in [0.05, 0.1) is 11.3 Å². The van der Waals surface area contributed by atoms with Crippen LogP contribution in [0.1, 0.15) is 5.69 Å². The molecule has 13 nitrogen and oxygen atoms in total. The fraction of sp³-hybridized carbons (Fsp3) is 0.267. The number of aromatic nitrogens is 4. The highest BCUT2D eigenvalue weighted by Crippen LogP contribution is 2.44. The first kappa shape index (κ1) is 25.2. The number of anilines is 1. The second-order valence-electron chi connectivity index (χ2n) is 6.18. The molecule has 176 valence electrons. The first-order valence-corrected chi connectivity index (χ1v) is 12.6. The number of hydrogen-bond donors (Lipinski definition) is 5. The molecule has 0 radical (unpaired) electrons. The molecule has 0 aromatic carbocycles. The van der Waals surface area contributed by atoms with Crippen molar-refractivity contribution in [1.82, 2.24) is 30.6 Å². The molecule has 4 heterocycles. The van der Waals surface area contributed by atoms with Crippen molar-refractivity contribution in [3.8, 4) is 0 Å². The second-order valence-corrected chi connectivity index (χ2v) is 10.6. The summed E-state index contributed by atoms with van der Waals surface area (Å²) in [6.45, 7) is 0. The van der Waals surface area contributed by atoms with E-state index in [0.717, 1.165) is 11.3 Å². The van der Waals surface area contributed by atoms with Gasteiger partial charge in [-0.05, 0) is 0 Å². The molecule has 0 unspecified atom stereocenters. The zero-order chi connectivity index (χ0) is 22.8. The molecule has 4 rings (SSSR count). The number of aromatic amines is 1. The number of amides is 2. The average molecular weight is 551 g/mol. The number of thioether (sulfide) groups is 3. The minimum absolute atomic E-state index is 0. The number of nitrogens with two attached hydrogens (primary N) is 1. The molecule has 0 bridgehead atoms. The van der Waals surface area contributed by atoms with Gasteiger partial charge >= 0.3 is 5.97 Å². The number of nitrogens with zero attached hydrogens (tertiary/aromatic N) is 5. The summed E-state index contributed by atoms with van der Waals surface area (Å²) >= 11 is 5.08. The predicted octanol–water partition coefficient (Wildman–Crippen LogP) is 0.623. The van der Waals surface area contributed by atoms with Gasteiger partial charge in [0.25, 0.3) is 11.8 Å². The fourth-order valence-corrected chi connectivity index (χ4v) is 7.07. The van der Waals surface area contributed by atoms with Gasteiger partial charge < -0.3 is 21.4 Å². The van der Waals surface area contributed by atoms with Crippen LogP contribution in [-0.2, 0) is 14.4 Å². The number of aliphatic carboxylic acids is 1. The Morgan fingerprint density at radius 1 is 1.42 bits per heavy atom. The number of carbonyl (C=O) groups excluding carboxylic acids is 2. The maximum absolute atomic E-state index is 12.7. The van der Waals surface area contributed by atoms with Crippen molar-refractivity contribution in [3.63, 3.8) is 0 Å². The van der Waals surface area contributed by atoms with Crippen molar-refractivity contribution < 1.29 is 24.7 Å². The van der Waals surface area contributed by atoms with Crippen LogP contribution in [0.4, 0.5) is 5.13 Å². The zero-order valence-corrected chi connectivity index (χ0v) is 20.3. The van der Waals surface area contributed by atoms with Crippen molar-refractivity contribution in [2.75, 3.05) is 16.6 Å². The van der Waals surface area contributed by atoms with Gasteiger partial charge in [-0.2, -0.15) is 0 Å². The second kappa shape index (κ2) is 10.6. The summed E-state index contributed by atoms with van der Waals surface area (Å²) in [6.07, 6.45) is 1.62. The maximum atomic E-state index is 12.7. The summed E-state index contributed by atoms with van der Waals surface area (Å²) in [5, 5.41) is 36.6. The Labute approximate surface area is 208 Å². The van der Waals surface area contributed by atoms with Crippen molar-refractivity contribution in [3.05, 3.63) is 27.9 Å². The number of carbonyl (C=O) groups is 3. The predicted molar refractivity (Wildman–Crippen MR) is 126 cm³/mol. The number of thiazole rings is 1. The summed E-state index contributed by atoms with van der Waals surface area (Å²) in [7, 11) is 0. The Morgan fingerprint density at radius 2 is 2.21 bits per heavy atom. The van der Waals surface area contributed by atoms with Crippen molar-refractivity contribution in [1.29, 1.82) is 0 Å². The topological polar surface area (TPSA) is 200 Å². The molecule has 6 N–H and O–H groups in total. The van der Waals surface area contributed by atoms with Crippen LogP contribution in [0.3, 0.4) is 0 Å². The van der Waals surface area contributed by atoms with Crippen LogP contribution < -0.4 is 11.1 Å². The van der Waals surface area contributed by atoms with Crippen LogP contribution in [0, 0.1) is 0 Å². The Bertz CT molecular complexity index is 1120. The standard InChI is InChI=1S/C15H14N8O5S4.ClH/c16-15-18-5(2-30-15)8(21-28)11(24)19-9-12(25)23-10(14(26)27)6(3-29-13(9)23)31-4-32-7-1-17-22-20-7;/h1-2,9,13,28H,3-4H2,(H2,16,18)(H,19,24)(H,26,27)(H,17,20,22);1H/b21-8-;/t9-,13-;/m1./s1. The lowest BCUT2D eigenvalue weighted by atomic mass is 10.0. The Morgan fingerprint density at radius 3 is 2.82 bits per heavy atom. The smallest absolute Gasteiger partial charge is 0.353 e. The van der Waals surface area contributed by atoms with E-state index in [2.05, 4.69) is 30.9 Å². The number of halogens is 1. The first-order chi connectivity index (χ1) is 15.4. The number of hydrogen-bond acceptors (Lipinski definition) is 13. The number of nitrogen functional groups attached to an aromatic ring is 1. The summed E-state index contributed by atoms with van der Waals surface area (Å²) < 4.78 is 0. The molecule has 2 amide bonds. The number of oxime groups is 1. The van der Waals surface area contributed by atoms with E-state index in [0.29, 0.717) is 20.8 Å². The SMILES string of the molecule is Cl.Nc1nc(/C(=N/O)C(=O)N[C@@H]2C(=O)N3C(C(=O)O)=C(SCSc4c[nH]nn4)CS[C@H]23)cs1. The number of carboxylic acids is 1. The average Bonchev–Trinajstić information content (AvgIpc) is 3.44. The van der Waals surface area contributed by atoms with E-state index in [1.54, 1.807) is 6.20 Å². The van der Waals surface area contributed by atoms with E-state index >= 15 is 0 Å². The first-order valence-electron chi connectivity index (χ1n) is 8.68. The third kappa shape index (κ3) is 5.06. The molecule has 0 spiro atoms. The van der Waals surface area contributed by atoms with Crippen molar-refractivity contribution in [2.24, 2.45) is 5.16 Å². The van der Waals surface area contributed by atoms with E-state index in [1.807, 2.05) is 0 Å². The van der Waals surface area contributed by atoms with Gasteiger partial charge in [0.15, 0.2) is 10.8 Å². The highest BCUT2D eigenvalue weighted by atomic mass is 35.5. The lowest BCUT2D eigenvalue weighted by molar-refractivity contribution is -0.150. The monoisotopic (exact) mass is 550 g/mol. The number of β-lactam (4-membered cyclic amide) rings is 1. The van der Waals surface area contributed by atoms with E-state index < -0.39 is 29.2 Å². The van der Waals surface area contributed by atoms with Gasteiger partial charge in [0.2, 0.25) is 0 Å². The van der Waals surface area contributed by atoms with Gasteiger partial charge in [0.1, 0.15) is 27.8 Å². The maximum Gasteiger partial charge on any atom is 0.353 e. The molecule has 1 saturated heterocycles. The summed E-state index contributed by atoms with van der Waals surface area (Å²) in [6, 6.07) is -0.967. The molecule has 33 heavy (non-hydrogen) atoms. The Balaban J connectivity index is 0.00000306. The van der Waals surface area contributed by atoms with Gasteiger partial charge in [-0.3, -0.25) is 19.6 Å². The fourth-order valence-electron chi connectivity index (χ4n) is 2.94. The molecule has 2 aliphatic rings. The zero-order valence-electron chi connectivity index (χ0n) is 16.2. The molecule has 18 heteroatoms. The van der Waals surface area contributed by atoms with Gasteiger partial charge in [-0.25, -0.2) is 9.78 Å². The molecule has 2 aliphatic heterocycles. The van der Waals surface area contributed by atoms with Crippen LogP contribution in [0.15, 0.2) is 32.4 Å². The number of rotatable bonds is 8. The minimum Gasteiger partial charge on any atom is -0.477 e. The van der Waals surface area contributed by atoms with Crippen LogP contribution in [-0.4, -0.2) is 81.4 Å². The highest BCUT2D eigenvalue weighted by molar-refractivity contribution is 8.18. The van der Waals surface area contributed by atoms with Gasteiger partial charge in [-0.15, -0.1) is 52.4 Å². The lowest BCUT2D eigenvalue weighted by Gasteiger charge is -2.49. The largest absolute Gasteiger partial charge is 0.477 e. The third-order valence-corrected chi connectivity index (χ3v) is 8.60. The van der Waals surface area contributed by atoms with E-state index in [9.17, 15) is 24.7 Å². The van der Waals surface area contributed by atoms with Crippen molar-refractivity contribution >= 4 is 87.7 Å². The van der Waals surface area contributed by atoms with Crippen LogP contribution >= 0.6 is 59.0 Å². The molecule has 1 fully saturated rings. The van der Waals surface area contributed by atoms with Crippen LogP contribution in [0.5, 0.6) is 0 Å². The van der Waals surface area contributed by atoms with E-state index in [-0.39, 0.29) is 34.6 Å². The van der Waals surface area contributed by atoms with E-state index in [1.165, 1.54) is 45.6 Å². The molecular formula is C15H15ClN8O5S4. The van der Waals surface area contributed by atoms with Crippen LogP contribution in [0.25, 0.3) is 0 Å². The Kier molecular flexibility index (Phi) is 8.11. The van der Waals surface area contributed by atoms with Gasteiger partial charge in [-0.1, -0.05) is 22.1 Å². The quantitative estimate of drug-likeness (QED) is 0.0767. The highest BCUT2D eigenvalue weighted by Gasteiger charge is 2.54. The normalized spacial score (nSPS) is 20.1. The van der Waals surface area contributed by atoms with Gasteiger partial charge in [0, 0.05) is 16.0 Å². The summed E-state index contributed by atoms with van der Waals surface area (Å²) in [5.41, 5.74) is 5.12. The molecular weight excluding hydrogens is 536 g/mol. The summed E-state index contributed by atoms with van der Waals surface area (Å²) in [4.78, 5) is 42.8. The molecule has 0 aliphatic carbocycles. The molecule has 2 aromatic rings. The number of carboxylic acid groups (broad SMARTS) is 1. The molecule has 2 atom stereocenters. The number of fused-ring (bicyclic) bond motifs is 1. The lowest BCUT2D eigenvalue weighted by Crippen LogP contribution is -2.71. The van der Waals surface area contributed by atoms with E-state index in [4.69, 9.17) is 5.73 Å².